The van der Waals surface area contributed by atoms with Crippen molar-refractivity contribution in [2.24, 2.45) is 0 Å². The van der Waals surface area contributed by atoms with Gasteiger partial charge in [-0.05, 0) is 35.7 Å². The van der Waals surface area contributed by atoms with E-state index >= 15 is 0 Å². The van der Waals surface area contributed by atoms with Gasteiger partial charge in [0.2, 0.25) is 0 Å². The second-order valence-corrected chi connectivity index (χ2v) is 5.88. The smallest absolute Gasteiger partial charge is 0.258 e. The Kier molecular flexibility index (Phi) is 4.78. The minimum absolute atomic E-state index is 0.0515. The molecule has 6 nitrogen and oxygen atoms in total. The van der Waals surface area contributed by atoms with E-state index in [-0.39, 0.29) is 18.2 Å². The van der Waals surface area contributed by atoms with Gasteiger partial charge in [0.1, 0.15) is 0 Å². The van der Waals surface area contributed by atoms with Crippen LogP contribution in [-0.2, 0) is 23.1 Å². The molecule has 0 atom stereocenters. The van der Waals surface area contributed by atoms with Gasteiger partial charge in [-0.1, -0.05) is 6.07 Å². The maximum absolute atomic E-state index is 12.0. The first kappa shape index (κ1) is 14.6. The van der Waals surface area contributed by atoms with E-state index < -0.39 is 10.0 Å². The van der Waals surface area contributed by atoms with E-state index in [2.05, 4.69) is 14.7 Å². The molecule has 0 aliphatic heterocycles. The fourth-order valence-electron chi connectivity index (χ4n) is 1.62. The first-order chi connectivity index (χ1) is 9.62. The largest absolute Gasteiger partial charge is 0.392 e. The molecule has 0 amide bonds. The number of rotatable bonds is 6. The van der Waals surface area contributed by atoms with Crippen molar-refractivity contribution in [3.05, 3.63) is 54.0 Å². The van der Waals surface area contributed by atoms with Gasteiger partial charge in [0.05, 0.1) is 6.61 Å². The van der Waals surface area contributed by atoms with Gasteiger partial charge in [-0.2, -0.15) is 0 Å². The summed E-state index contributed by atoms with van der Waals surface area (Å²) < 4.78 is 26.4. The Hall–Kier alpha value is -1.83. The van der Waals surface area contributed by atoms with Crippen molar-refractivity contribution in [2.45, 2.75) is 18.1 Å². The molecule has 0 aromatic carbocycles. The first-order valence-electron chi connectivity index (χ1n) is 6.06. The van der Waals surface area contributed by atoms with E-state index in [1.54, 1.807) is 12.4 Å². The molecule has 2 rings (SSSR count). The van der Waals surface area contributed by atoms with E-state index in [1.807, 2.05) is 12.1 Å². The molecule has 0 radical (unpaired) electrons. The van der Waals surface area contributed by atoms with E-state index in [0.717, 1.165) is 5.56 Å². The van der Waals surface area contributed by atoms with E-state index in [9.17, 15) is 8.42 Å². The molecule has 2 N–H and O–H groups in total. The number of nitrogens with zero attached hydrogens (tertiary/aromatic N) is 2. The average molecular weight is 293 g/mol. The molecule has 0 saturated carbocycles. The number of hydrogen-bond acceptors (Lipinski definition) is 5. The summed E-state index contributed by atoms with van der Waals surface area (Å²) in [5.74, 6) is 0. The molecule has 0 aliphatic carbocycles. The Morgan fingerprint density at radius 3 is 2.45 bits per heavy atom. The summed E-state index contributed by atoms with van der Waals surface area (Å²) in [6.07, 6.45) is 5.26. The molecule has 0 unspecified atom stereocenters. The summed E-state index contributed by atoms with van der Waals surface area (Å²) in [6.45, 7) is 0.124. The predicted molar refractivity (Wildman–Crippen MR) is 73.3 cm³/mol. The number of pyridine rings is 2. The van der Waals surface area contributed by atoms with Crippen molar-refractivity contribution < 1.29 is 13.5 Å². The van der Waals surface area contributed by atoms with Crippen molar-refractivity contribution in [3.63, 3.8) is 0 Å². The van der Waals surface area contributed by atoms with E-state index in [1.165, 1.54) is 18.3 Å². The number of nitrogens with one attached hydrogen (secondary N) is 1. The lowest BCUT2D eigenvalue weighted by Crippen LogP contribution is -2.26. The molecule has 0 spiro atoms. The molecule has 2 heterocycles. The molecule has 2 aromatic heterocycles. The first-order valence-corrected chi connectivity index (χ1v) is 7.54. The number of hydrogen-bond donors (Lipinski definition) is 2. The van der Waals surface area contributed by atoms with Gasteiger partial charge in [-0.3, -0.25) is 4.98 Å². The van der Waals surface area contributed by atoms with Crippen molar-refractivity contribution in [1.29, 1.82) is 0 Å². The van der Waals surface area contributed by atoms with Crippen molar-refractivity contribution in [1.82, 2.24) is 14.7 Å². The third-order valence-electron chi connectivity index (χ3n) is 2.71. The van der Waals surface area contributed by atoms with Crippen LogP contribution in [0, 0.1) is 0 Å². The van der Waals surface area contributed by atoms with Crippen LogP contribution >= 0.6 is 0 Å². The zero-order valence-electron chi connectivity index (χ0n) is 10.7. The average Bonchev–Trinajstić information content (AvgIpc) is 2.48. The lowest BCUT2D eigenvalue weighted by Gasteiger charge is -2.06. The number of aliphatic hydroxyl groups excluding tert-OH is 1. The third-order valence-corrected chi connectivity index (χ3v) is 4.09. The van der Waals surface area contributed by atoms with Crippen molar-refractivity contribution >= 4 is 10.0 Å². The van der Waals surface area contributed by atoms with Crippen LogP contribution in [0.25, 0.3) is 0 Å². The molecule has 0 bridgehead atoms. The zero-order valence-corrected chi connectivity index (χ0v) is 11.5. The Labute approximate surface area is 117 Å². The van der Waals surface area contributed by atoms with E-state index in [0.29, 0.717) is 12.0 Å². The van der Waals surface area contributed by atoms with Crippen LogP contribution in [0.1, 0.15) is 11.1 Å². The van der Waals surface area contributed by atoms with Gasteiger partial charge >= 0.3 is 0 Å². The minimum Gasteiger partial charge on any atom is -0.392 e. The van der Waals surface area contributed by atoms with Crippen LogP contribution in [0.15, 0.2) is 47.9 Å². The summed E-state index contributed by atoms with van der Waals surface area (Å²) in [5.41, 5.74) is 1.58. The lowest BCUT2D eigenvalue weighted by atomic mass is 10.2. The fraction of sp³-hybridized carbons (Fsp3) is 0.231. The third kappa shape index (κ3) is 3.83. The maximum Gasteiger partial charge on any atom is 0.258 e. The van der Waals surface area contributed by atoms with Crippen LogP contribution in [0.5, 0.6) is 0 Å². The summed E-state index contributed by atoms with van der Waals surface area (Å²) in [5, 5.41) is 8.84. The highest BCUT2D eigenvalue weighted by molar-refractivity contribution is 7.89. The quantitative estimate of drug-likeness (QED) is 0.808. The molecule has 20 heavy (non-hydrogen) atoms. The van der Waals surface area contributed by atoms with E-state index in [4.69, 9.17) is 5.11 Å². The SMILES string of the molecule is O=S(=O)(NCCc1ccncc1)c1ccc(CO)cn1. The van der Waals surface area contributed by atoms with Gasteiger partial charge in [0.25, 0.3) is 10.0 Å². The highest BCUT2D eigenvalue weighted by Gasteiger charge is 2.14. The topological polar surface area (TPSA) is 92.2 Å². The summed E-state index contributed by atoms with van der Waals surface area (Å²) in [6, 6.07) is 6.58. The second kappa shape index (κ2) is 6.56. The Morgan fingerprint density at radius 2 is 1.85 bits per heavy atom. The molecule has 0 fully saturated rings. The molecule has 0 saturated heterocycles. The Morgan fingerprint density at radius 1 is 1.10 bits per heavy atom. The Bertz CT molecular complexity index is 642. The second-order valence-electron chi connectivity index (χ2n) is 4.17. The highest BCUT2D eigenvalue weighted by atomic mass is 32.2. The standard InChI is InChI=1S/C13H15N3O3S/c17-10-12-1-2-13(15-9-12)20(18,19)16-8-5-11-3-6-14-7-4-11/h1-4,6-7,9,16-17H,5,8,10H2. The molecular weight excluding hydrogens is 278 g/mol. The number of sulfonamides is 1. The maximum atomic E-state index is 12.0. The van der Waals surface area contributed by atoms with Crippen LogP contribution in [-0.4, -0.2) is 30.0 Å². The summed E-state index contributed by atoms with van der Waals surface area (Å²) >= 11 is 0. The van der Waals surface area contributed by atoms with Crippen LogP contribution in [0.3, 0.4) is 0 Å². The number of aromatic nitrogens is 2. The molecule has 0 aliphatic rings. The van der Waals surface area contributed by atoms with Gasteiger partial charge < -0.3 is 5.11 Å². The summed E-state index contributed by atoms with van der Waals surface area (Å²) in [4.78, 5) is 7.72. The minimum atomic E-state index is -3.61. The van der Waals surface area contributed by atoms with Gasteiger partial charge in [-0.25, -0.2) is 18.1 Å². The lowest BCUT2D eigenvalue weighted by molar-refractivity contribution is 0.281. The molecule has 7 heteroatoms. The van der Waals surface area contributed by atoms with Crippen LogP contribution in [0.2, 0.25) is 0 Å². The summed E-state index contributed by atoms with van der Waals surface area (Å²) in [7, 11) is -3.61. The molecule has 2 aromatic rings. The molecule has 106 valence electrons. The highest BCUT2D eigenvalue weighted by Crippen LogP contribution is 2.07. The molecular formula is C13H15N3O3S. The van der Waals surface area contributed by atoms with Gasteiger partial charge in [0, 0.05) is 25.1 Å². The monoisotopic (exact) mass is 293 g/mol. The fourth-order valence-corrected chi connectivity index (χ4v) is 2.57. The number of aliphatic hydroxyl groups is 1. The van der Waals surface area contributed by atoms with Crippen molar-refractivity contribution in [2.75, 3.05) is 6.54 Å². The predicted octanol–water partition coefficient (Wildman–Crippen LogP) is 0.490. The zero-order chi connectivity index (χ0) is 14.4. The van der Waals surface area contributed by atoms with Crippen LogP contribution < -0.4 is 4.72 Å². The van der Waals surface area contributed by atoms with Crippen molar-refractivity contribution in [3.8, 4) is 0 Å². The normalized spacial score (nSPS) is 11.4. The van der Waals surface area contributed by atoms with Gasteiger partial charge in [-0.15, -0.1) is 0 Å². The van der Waals surface area contributed by atoms with Gasteiger partial charge in [0.15, 0.2) is 5.03 Å². The Balaban J connectivity index is 1.96. The van der Waals surface area contributed by atoms with Crippen LogP contribution in [0.4, 0.5) is 0 Å².